The van der Waals surface area contributed by atoms with Gasteiger partial charge >= 0.3 is 77.0 Å². The summed E-state index contributed by atoms with van der Waals surface area (Å²) in [5, 5.41) is 0. The smallest absolute Gasteiger partial charge is 0 e. The van der Waals surface area contributed by atoms with E-state index in [-0.39, 0.29) is 449 Å². The van der Waals surface area contributed by atoms with Crippen LogP contribution >= 0.6 is 0 Å². The molecule has 0 saturated heterocycles. The van der Waals surface area contributed by atoms with Crippen molar-refractivity contribution in [1.82, 2.24) is 0 Å². The van der Waals surface area contributed by atoms with Crippen LogP contribution in [-0.4, -0.2) is 77.0 Å². The molecule has 0 atom stereocenters. The molecule has 3 radical (unpaired) electrons. The topological polar surface area (TPSA) is 0 Å². The molecule has 0 aliphatic rings. The second kappa shape index (κ2) is 81.6. The molecule has 0 aliphatic carbocycles. The molecule has 0 unspecified atom stereocenters. The van der Waals surface area contributed by atoms with Crippen molar-refractivity contribution in [3.05, 3.63) is 0 Å². The van der Waals surface area contributed by atoms with E-state index in [1.165, 1.54) is 0 Å². The van der Waals surface area contributed by atoms with Crippen molar-refractivity contribution in [2.24, 2.45) is 0 Å². The van der Waals surface area contributed by atoms with Gasteiger partial charge in [0, 0.05) is 372 Å². The van der Waals surface area contributed by atoms with Gasteiger partial charge in [-0.3, -0.25) is 0 Å². The Morgan fingerprint density at radius 3 is 1.00 bits per heavy atom. The average molecular weight is 1580 g/mol. The van der Waals surface area contributed by atoms with E-state index in [2.05, 4.69) is 0 Å². The van der Waals surface area contributed by atoms with Gasteiger partial charge in [0.25, 0.3) is 0 Å². The normalized spacial score (nSPS) is 0. The van der Waals surface area contributed by atoms with Crippen molar-refractivity contribution < 1.29 is 372 Å². The maximum absolute atomic E-state index is 0. The molecule has 0 bridgehead atoms. The SMILES string of the molecule is [Cr].[Dy].[Er].[Eu].[Hf].[Ho].[LiH].[Lu].[Nd].[RbH].[Sm].[Ti].[Zr]. The molecule has 0 spiro atoms. The van der Waals surface area contributed by atoms with Crippen LogP contribution in [0.15, 0.2) is 0 Å². The van der Waals surface area contributed by atoms with Gasteiger partial charge in [0.05, 0.1) is 0 Å². The van der Waals surface area contributed by atoms with Crippen molar-refractivity contribution >= 4 is 77.0 Å². The zero-order chi connectivity index (χ0) is 0. The Morgan fingerprint density at radius 2 is 1.00 bits per heavy atom. The zero-order valence-corrected chi connectivity index (χ0v) is 29.0. The summed E-state index contributed by atoms with van der Waals surface area (Å²) in [5.41, 5.74) is 0. The molecule has 0 aromatic rings. The van der Waals surface area contributed by atoms with Gasteiger partial charge in [0.1, 0.15) is 0 Å². The zero-order valence-electron chi connectivity index (χ0n) is 4.36. The van der Waals surface area contributed by atoms with E-state index in [0.29, 0.717) is 0 Å². The number of hydrogen-bond acceptors (Lipinski definition) is 0. The van der Waals surface area contributed by atoms with E-state index >= 15 is 0 Å². The van der Waals surface area contributed by atoms with Crippen molar-refractivity contribution in [3.8, 4) is 0 Å². The molecule has 0 aromatic carbocycles. The minimum absolute atomic E-state index is 0. The summed E-state index contributed by atoms with van der Waals surface area (Å²) < 4.78 is 0. The van der Waals surface area contributed by atoms with Gasteiger partial charge in [-0.05, 0) is 0 Å². The standard InChI is InChI=1S/Cr.Dy.Er.Eu.Hf.Ho.Li.Lu.Nd.Rb.Sm.Ti.Zr.2H. The molecule has 0 rings (SSSR count). The molecule has 0 fully saturated rings. The number of hydrogen-bond donors (Lipinski definition) is 0. The van der Waals surface area contributed by atoms with Crippen LogP contribution in [0.1, 0.15) is 0 Å². The quantitative estimate of drug-likeness (QED) is 0.265. The Bertz CT molecular complexity index is 48.1. The van der Waals surface area contributed by atoms with Gasteiger partial charge in [0.2, 0.25) is 0 Å². The van der Waals surface area contributed by atoms with Gasteiger partial charge in [0.15, 0.2) is 0 Å². The summed E-state index contributed by atoms with van der Waals surface area (Å²) in [6.45, 7) is 0. The van der Waals surface area contributed by atoms with Crippen molar-refractivity contribution in [1.29, 1.82) is 0 Å². The fourth-order valence-corrected chi connectivity index (χ4v) is 0. The van der Waals surface area contributed by atoms with Gasteiger partial charge in [-0.15, -0.1) is 0 Å². The Kier molecular flexibility index (Phi) is 574. The molecule has 0 aromatic heterocycles. The third-order valence-corrected chi connectivity index (χ3v) is 0. The molecule has 0 nitrogen and oxygen atoms in total. The number of rotatable bonds is 0. The average Bonchev–Trinajstić information content (AvgIpc) is 0. The molecule has 13 heavy (non-hydrogen) atoms. The van der Waals surface area contributed by atoms with Crippen molar-refractivity contribution in [2.45, 2.75) is 0 Å². The Labute approximate surface area is 431 Å². The summed E-state index contributed by atoms with van der Waals surface area (Å²) in [7, 11) is 0. The minimum Gasteiger partial charge on any atom is 0 e. The first-order chi connectivity index (χ1) is 0. The van der Waals surface area contributed by atoms with Crippen LogP contribution < -0.4 is 0 Å². The van der Waals surface area contributed by atoms with Crippen LogP contribution in [0.25, 0.3) is 0 Å². The fraction of sp³-hybridized carbons (Fsp3) is 0. The van der Waals surface area contributed by atoms with Crippen LogP contribution in [-0.2, 0) is 91.1 Å². The van der Waals surface area contributed by atoms with Crippen molar-refractivity contribution in [3.63, 3.8) is 0 Å². The van der Waals surface area contributed by atoms with E-state index in [4.69, 9.17) is 0 Å². The molecule has 0 N–H and O–H groups in total. The minimum atomic E-state index is 0. The Hall–Kier alpha value is 14.7. The van der Waals surface area contributed by atoms with Gasteiger partial charge in [-0.2, -0.15) is 0 Å². The summed E-state index contributed by atoms with van der Waals surface area (Å²) in [6, 6.07) is 0. The van der Waals surface area contributed by atoms with Gasteiger partial charge in [-0.1, -0.05) is 0 Å². The largest absolute Gasteiger partial charge is 0 e. The molecule has 87 valence electrons. The van der Waals surface area contributed by atoms with E-state index in [1.807, 2.05) is 0 Å². The molecular formula is H2CrDyErEuHfHoLiLuNdRbSmTiZr. The first-order valence-corrected chi connectivity index (χ1v) is 0. The second-order valence-electron chi connectivity index (χ2n) is 0. The predicted octanol–water partition coefficient (Wildman–Crippen LogP) is -1.31. The second-order valence-corrected chi connectivity index (χ2v) is 0. The summed E-state index contributed by atoms with van der Waals surface area (Å²) in [4.78, 5) is 0. The van der Waals surface area contributed by atoms with Crippen LogP contribution in [0.2, 0.25) is 0 Å². The van der Waals surface area contributed by atoms with E-state index in [1.54, 1.807) is 0 Å². The molecule has 0 saturated carbocycles. The predicted molar refractivity (Wildman–Crippen MR) is 14.3 cm³/mol. The van der Waals surface area contributed by atoms with E-state index < -0.39 is 0 Å². The van der Waals surface area contributed by atoms with Gasteiger partial charge < -0.3 is 0 Å². The first kappa shape index (κ1) is 91.4. The van der Waals surface area contributed by atoms with Crippen molar-refractivity contribution in [2.75, 3.05) is 0 Å². The molecule has 0 aliphatic heterocycles. The van der Waals surface area contributed by atoms with E-state index in [0.717, 1.165) is 0 Å². The maximum Gasteiger partial charge on any atom is 0 e. The van der Waals surface area contributed by atoms with Crippen LogP contribution in [0.4, 0.5) is 0 Å². The summed E-state index contributed by atoms with van der Waals surface area (Å²) >= 11 is 0. The fourth-order valence-electron chi connectivity index (χ4n) is 0. The van der Waals surface area contributed by atoms with E-state index in [9.17, 15) is 0 Å². The first-order valence-electron chi connectivity index (χ1n) is 0. The Morgan fingerprint density at radius 1 is 1.00 bits per heavy atom. The molecule has 13 heteroatoms. The monoisotopic (exact) mass is 1580 g/mol. The molecular weight excluding hydrogens is 1580 g/mol. The third kappa shape index (κ3) is 75.4. The Balaban J connectivity index is 0. The summed E-state index contributed by atoms with van der Waals surface area (Å²) in [6.07, 6.45) is 0. The molecule has 0 heterocycles. The van der Waals surface area contributed by atoms with Crippen LogP contribution in [0.5, 0.6) is 0 Å². The molecule has 0 amide bonds. The van der Waals surface area contributed by atoms with Gasteiger partial charge in [-0.25, -0.2) is 0 Å². The maximum atomic E-state index is 0. The summed E-state index contributed by atoms with van der Waals surface area (Å²) in [5.74, 6) is 0. The van der Waals surface area contributed by atoms with Crippen LogP contribution in [0.3, 0.4) is 0 Å². The van der Waals surface area contributed by atoms with Crippen LogP contribution in [0, 0.1) is 281 Å². The third-order valence-electron chi connectivity index (χ3n) is 0.